The van der Waals surface area contributed by atoms with Crippen LogP contribution in [0.15, 0.2) is 46.0 Å². The largest absolute Gasteiger partial charge is 0.508 e. The Hall–Kier alpha value is -1.69. The first kappa shape index (κ1) is 22.1. The molecule has 0 spiro atoms. The van der Waals surface area contributed by atoms with Crippen LogP contribution in [0.5, 0.6) is 5.75 Å². The number of thiophene rings is 1. The van der Waals surface area contributed by atoms with Crippen molar-refractivity contribution in [3.05, 3.63) is 41.8 Å². The van der Waals surface area contributed by atoms with Crippen molar-refractivity contribution in [2.24, 2.45) is 0 Å². The van der Waals surface area contributed by atoms with Crippen LogP contribution in [0.4, 0.5) is 5.69 Å². The zero-order valence-corrected chi connectivity index (χ0v) is 19.4. The Morgan fingerprint density at radius 1 is 1.06 bits per heavy atom. The first-order chi connectivity index (χ1) is 15.4. The van der Waals surface area contributed by atoms with Gasteiger partial charge in [-0.2, -0.15) is 4.31 Å². The highest BCUT2D eigenvalue weighted by Crippen LogP contribution is 2.32. The molecule has 3 fully saturated rings. The molecule has 0 saturated carbocycles. The smallest absolute Gasteiger partial charge is 0.252 e. The second kappa shape index (κ2) is 8.92. The van der Waals surface area contributed by atoms with E-state index in [9.17, 15) is 18.6 Å². The number of aliphatic hydroxyl groups excluding tert-OH is 1. The predicted octanol–water partition coefficient (Wildman–Crippen LogP) is 1.56. The van der Waals surface area contributed by atoms with Crippen molar-refractivity contribution in [3.8, 4) is 5.75 Å². The Labute approximate surface area is 192 Å². The molecule has 10 heteroatoms. The summed E-state index contributed by atoms with van der Waals surface area (Å²) < 4.78 is 34.2. The number of sulfonamides is 1. The molecule has 8 nitrogen and oxygen atoms in total. The molecule has 4 atom stereocenters. The molecule has 32 heavy (non-hydrogen) atoms. The highest BCUT2D eigenvalue weighted by atomic mass is 32.2. The molecule has 0 aliphatic carbocycles. The summed E-state index contributed by atoms with van der Waals surface area (Å²) in [6.07, 6.45) is 1.06. The lowest BCUT2D eigenvalue weighted by molar-refractivity contribution is -0.107. The average Bonchev–Trinajstić information content (AvgIpc) is 3.31. The predicted molar refractivity (Wildman–Crippen MR) is 123 cm³/mol. The summed E-state index contributed by atoms with van der Waals surface area (Å²) in [5.74, 6) is 0.209. The summed E-state index contributed by atoms with van der Waals surface area (Å²) in [7, 11) is -3.53. The number of nitrogens with zero attached hydrogens (tertiary/aromatic N) is 3. The summed E-state index contributed by atoms with van der Waals surface area (Å²) in [5.41, 5.74) is 0.972. The van der Waals surface area contributed by atoms with Gasteiger partial charge in [-0.05, 0) is 48.6 Å². The van der Waals surface area contributed by atoms with Crippen LogP contribution in [0.25, 0.3) is 0 Å². The van der Waals surface area contributed by atoms with Crippen molar-refractivity contribution < 1.29 is 23.4 Å². The summed E-state index contributed by atoms with van der Waals surface area (Å²) >= 11 is 1.25. The Morgan fingerprint density at radius 2 is 1.78 bits per heavy atom. The van der Waals surface area contributed by atoms with Gasteiger partial charge in [0.05, 0.1) is 25.4 Å². The molecule has 2 unspecified atom stereocenters. The van der Waals surface area contributed by atoms with Crippen LogP contribution in [0.2, 0.25) is 0 Å². The van der Waals surface area contributed by atoms with E-state index in [1.54, 1.807) is 34.0 Å². The first-order valence-electron chi connectivity index (χ1n) is 11.0. The SMILES string of the molecule is O=S(=O)(c1cccs1)N1CCN(c2ccc(O)cc2)[C@@H](CN2C3COC[C@@H]2CC(O)C3)C1. The highest BCUT2D eigenvalue weighted by molar-refractivity contribution is 7.91. The van der Waals surface area contributed by atoms with Crippen molar-refractivity contribution in [1.29, 1.82) is 0 Å². The molecule has 2 aromatic rings. The quantitative estimate of drug-likeness (QED) is 0.672. The fourth-order valence-electron chi connectivity index (χ4n) is 5.23. The van der Waals surface area contributed by atoms with Gasteiger partial charge in [0.25, 0.3) is 10.0 Å². The molecule has 1 aromatic heterocycles. The maximum atomic E-state index is 13.2. The minimum absolute atomic E-state index is 0.0543. The van der Waals surface area contributed by atoms with Gasteiger partial charge in [0.2, 0.25) is 0 Å². The van der Waals surface area contributed by atoms with Crippen LogP contribution in [0.3, 0.4) is 0 Å². The third-order valence-electron chi connectivity index (χ3n) is 6.78. The number of rotatable bonds is 5. The normalized spacial score (nSPS) is 29.8. The van der Waals surface area contributed by atoms with Crippen molar-refractivity contribution >= 4 is 27.0 Å². The number of hydrogen-bond donors (Lipinski definition) is 2. The molecule has 174 valence electrons. The number of ether oxygens (including phenoxy) is 1. The van der Waals surface area contributed by atoms with E-state index in [1.807, 2.05) is 12.1 Å². The van der Waals surface area contributed by atoms with Crippen LogP contribution in [-0.2, 0) is 14.8 Å². The minimum atomic E-state index is -3.53. The summed E-state index contributed by atoms with van der Waals surface area (Å²) in [4.78, 5) is 4.66. The molecule has 5 rings (SSSR count). The maximum Gasteiger partial charge on any atom is 0.252 e. The van der Waals surface area contributed by atoms with Gasteiger partial charge in [0.15, 0.2) is 0 Å². The molecule has 3 aliphatic heterocycles. The topological polar surface area (TPSA) is 93.6 Å². The summed E-state index contributed by atoms with van der Waals surface area (Å²) in [5, 5.41) is 21.8. The Kier molecular flexibility index (Phi) is 6.17. The molecule has 2 N–H and O–H groups in total. The number of anilines is 1. The number of hydrogen-bond acceptors (Lipinski definition) is 8. The number of aliphatic hydroxyl groups is 1. The van der Waals surface area contributed by atoms with E-state index in [4.69, 9.17) is 4.74 Å². The molecular weight excluding hydrogens is 450 g/mol. The van der Waals surface area contributed by atoms with Gasteiger partial charge in [-0.15, -0.1) is 11.3 Å². The standard InChI is InChI=1S/C22H29N3O5S2/c26-20-5-3-16(4-6-20)24-8-7-23(32(28,29)22-2-1-9-31-22)12-19(24)13-25-17-10-21(27)11-18(25)15-30-14-17/h1-6,9,17-19,21,26-27H,7-8,10-15H2/t17-,18?,19+,21?/m0/s1. The van der Waals surface area contributed by atoms with Crippen LogP contribution in [0.1, 0.15) is 12.8 Å². The summed E-state index contributed by atoms with van der Waals surface area (Å²) in [6, 6.07) is 10.8. The zero-order chi connectivity index (χ0) is 22.3. The number of phenols is 1. The van der Waals surface area contributed by atoms with Gasteiger partial charge in [-0.25, -0.2) is 8.42 Å². The second-order valence-electron chi connectivity index (χ2n) is 8.83. The molecular formula is C22H29N3O5S2. The molecule has 2 bridgehead atoms. The van der Waals surface area contributed by atoms with E-state index in [1.165, 1.54) is 11.3 Å². The van der Waals surface area contributed by atoms with Gasteiger partial charge in [-0.3, -0.25) is 4.90 Å². The van der Waals surface area contributed by atoms with Crippen molar-refractivity contribution in [2.75, 3.05) is 44.3 Å². The van der Waals surface area contributed by atoms with Gasteiger partial charge in [0.1, 0.15) is 9.96 Å². The molecule has 0 amide bonds. The van der Waals surface area contributed by atoms with Crippen molar-refractivity contribution in [2.45, 2.75) is 41.3 Å². The van der Waals surface area contributed by atoms with Crippen molar-refractivity contribution in [1.82, 2.24) is 9.21 Å². The molecule has 3 aliphatic rings. The van der Waals surface area contributed by atoms with Gasteiger partial charge >= 0.3 is 0 Å². The Balaban J connectivity index is 1.42. The number of piperidine rings is 1. The van der Waals surface area contributed by atoms with E-state index >= 15 is 0 Å². The van der Waals surface area contributed by atoms with E-state index in [-0.39, 0.29) is 30.0 Å². The number of phenolic OH excluding ortho intramolecular Hbond substituents is 1. The summed E-state index contributed by atoms with van der Waals surface area (Å²) in [6.45, 7) is 3.26. The van der Waals surface area contributed by atoms with Crippen LogP contribution in [0, 0.1) is 0 Å². The van der Waals surface area contributed by atoms with Crippen molar-refractivity contribution in [3.63, 3.8) is 0 Å². The molecule has 1 aromatic carbocycles. The fourth-order valence-corrected chi connectivity index (χ4v) is 7.84. The van der Waals surface area contributed by atoms with Gasteiger partial charge in [-0.1, -0.05) is 6.07 Å². The van der Waals surface area contributed by atoms with Gasteiger partial charge in [0, 0.05) is 44.0 Å². The van der Waals surface area contributed by atoms with Crippen LogP contribution < -0.4 is 4.90 Å². The monoisotopic (exact) mass is 479 g/mol. The lowest BCUT2D eigenvalue weighted by atomic mass is 9.91. The number of piperazine rings is 1. The molecule has 0 radical (unpaired) electrons. The third kappa shape index (κ3) is 4.27. The fraction of sp³-hybridized carbons (Fsp3) is 0.545. The number of morpholine rings is 1. The minimum Gasteiger partial charge on any atom is -0.508 e. The first-order valence-corrected chi connectivity index (χ1v) is 13.3. The van der Waals surface area contributed by atoms with Gasteiger partial charge < -0.3 is 19.8 Å². The van der Waals surface area contributed by atoms with Crippen LogP contribution in [-0.4, -0.2) is 91.5 Å². The highest BCUT2D eigenvalue weighted by Gasteiger charge is 2.42. The Morgan fingerprint density at radius 3 is 2.44 bits per heavy atom. The zero-order valence-electron chi connectivity index (χ0n) is 17.8. The third-order valence-corrected chi connectivity index (χ3v) is 10.0. The van der Waals surface area contributed by atoms with E-state index < -0.39 is 10.0 Å². The molecule has 4 heterocycles. The average molecular weight is 480 g/mol. The number of benzene rings is 1. The number of aromatic hydroxyl groups is 1. The number of fused-ring (bicyclic) bond motifs is 2. The Bertz CT molecular complexity index is 1000. The lowest BCUT2D eigenvalue weighted by Crippen LogP contribution is -2.64. The maximum absolute atomic E-state index is 13.2. The lowest BCUT2D eigenvalue weighted by Gasteiger charge is -2.51. The second-order valence-corrected chi connectivity index (χ2v) is 11.9. The molecule has 3 saturated heterocycles. The van der Waals surface area contributed by atoms with Crippen LogP contribution >= 0.6 is 11.3 Å². The van der Waals surface area contributed by atoms with E-state index in [0.717, 1.165) is 5.69 Å². The van der Waals surface area contributed by atoms with E-state index in [2.05, 4.69) is 9.80 Å². The van der Waals surface area contributed by atoms with E-state index in [0.29, 0.717) is 56.4 Å².